The van der Waals surface area contributed by atoms with Crippen LogP contribution in [-0.4, -0.2) is 13.3 Å². The van der Waals surface area contributed by atoms with E-state index in [1.54, 1.807) is 13.3 Å². The lowest BCUT2D eigenvalue weighted by Gasteiger charge is -1.89. The van der Waals surface area contributed by atoms with Crippen LogP contribution in [0.4, 0.5) is 0 Å². The van der Waals surface area contributed by atoms with E-state index in [0.717, 1.165) is 6.42 Å². The van der Waals surface area contributed by atoms with Gasteiger partial charge in [-0.15, -0.1) is 0 Å². The first-order chi connectivity index (χ1) is 4.41. The number of nitrogens with one attached hydrogen (secondary N) is 2. The molecule has 0 aliphatic rings. The van der Waals surface area contributed by atoms with Gasteiger partial charge in [-0.1, -0.05) is 20.8 Å². The number of nitrogens with zero attached hydrogens (tertiary/aromatic N) is 1. The van der Waals surface area contributed by atoms with Gasteiger partial charge in [-0.3, -0.25) is 0 Å². The molecule has 0 saturated heterocycles. The van der Waals surface area contributed by atoms with Gasteiger partial charge in [0.1, 0.15) is 0 Å². The lowest BCUT2D eigenvalue weighted by molar-refractivity contribution is 0.634. The van der Waals surface area contributed by atoms with Gasteiger partial charge in [-0.25, -0.2) is 11.0 Å². The van der Waals surface area contributed by atoms with E-state index >= 15 is 0 Å². The Balaban J connectivity index is 0. The summed E-state index contributed by atoms with van der Waals surface area (Å²) < 4.78 is 0. The second-order valence-corrected chi connectivity index (χ2v) is 1.08. The molecule has 56 valence electrons. The Labute approximate surface area is 57.5 Å². The Morgan fingerprint density at radius 2 is 2.00 bits per heavy atom. The standard InChI is InChI=1S/C4H11N3.C2H6/c1-3-4-6-7-5-2;1-2/h4-5,7H,3H2,1-2H3;1-2H3/b6-4-;. The van der Waals surface area contributed by atoms with Crippen LogP contribution < -0.4 is 11.0 Å². The first-order valence-corrected chi connectivity index (χ1v) is 3.35. The minimum absolute atomic E-state index is 0.967. The fraction of sp³-hybridized carbons (Fsp3) is 0.833. The molecule has 0 heterocycles. The smallest absolute Gasteiger partial charge is 0.0255 e. The van der Waals surface area contributed by atoms with E-state index in [4.69, 9.17) is 0 Å². The summed E-state index contributed by atoms with van der Waals surface area (Å²) in [5.74, 6) is 0. The highest BCUT2D eigenvalue weighted by atomic mass is 15.5. The zero-order valence-corrected chi connectivity index (χ0v) is 6.73. The van der Waals surface area contributed by atoms with E-state index < -0.39 is 0 Å². The SMILES string of the molecule is CC.CC/C=N\NNC. The molecule has 0 radical (unpaired) electrons. The maximum atomic E-state index is 3.72. The molecule has 0 spiro atoms. The zero-order valence-electron chi connectivity index (χ0n) is 6.73. The van der Waals surface area contributed by atoms with Gasteiger partial charge in [-0.05, 0) is 6.42 Å². The van der Waals surface area contributed by atoms with E-state index in [1.165, 1.54) is 0 Å². The van der Waals surface area contributed by atoms with E-state index in [9.17, 15) is 0 Å². The molecule has 3 heteroatoms. The summed E-state index contributed by atoms with van der Waals surface area (Å²) in [4.78, 5) is 0. The van der Waals surface area contributed by atoms with Crippen LogP contribution in [0.1, 0.15) is 27.2 Å². The van der Waals surface area contributed by atoms with Crippen molar-refractivity contribution in [3.05, 3.63) is 0 Å². The molecule has 0 amide bonds. The number of rotatable bonds is 3. The molecule has 0 aromatic heterocycles. The number of hydrazone groups is 1. The lowest BCUT2D eigenvalue weighted by Crippen LogP contribution is -2.20. The molecule has 2 N–H and O–H groups in total. The molecule has 0 rings (SSSR count). The Morgan fingerprint density at radius 3 is 2.33 bits per heavy atom. The summed E-state index contributed by atoms with van der Waals surface area (Å²) in [6.07, 6.45) is 2.76. The van der Waals surface area contributed by atoms with Crippen LogP contribution in [0.5, 0.6) is 0 Å². The summed E-state index contributed by atoms with van der Waals surface area (Å²) in [5, 5.41) is 3.72. The van der Waals surface area contributed by atoms with Crippen LogP contribution >= 0.6 is 0 Å². The Bertz CT molecular complexity index is 52.3. The predicted octanol–water partition coefficient (Wildman–Crippen LogP) is 1.13. The average molecular weight is 131 g/mol. The molecule has 0 fully saturated rings. The highest BCUT2D eigenvalue weighted by molar-refractivity contribution is 5.55. The molecule has 3 nitrogen and oxygen atoms in total. The monoisotopic (exact) mass is 131 g/mol. The Hall–Kier alpha value is -0.570. The second-order valence-electron chi connectivity index (χ2n) is 1.08. The molecule has 0 aliphatic heterocycles. The minimum Gasteiger partial charge on any atom is -0.244 e. The van der Waals surface area contributed by atoms with Crippen molar-refractivity contribution in [2.75, 3.05) is 7.05 Å². The van der Waals surface area contributed by atoms with Gasteiger partial charge < -0.3 is 0 Å². The first-order valence-electron chi connectivity index (χ1n) is 3.35. The van der Waals surface area contributed by atoms with Crippen molar-refractivity contribution in [2.24, 2.45) is 5.10 Å². The van der Waals surface area contributed by atoms with Gasteiger partial charge in [0.25, 0.3) is 0 Å². The summed E-state index contributed by atoms with van der Waals surface area (Å²) in [5.41, 5.74) is 5.22. The van der Waals surface area contributed by atoms with E-state index in [1.807, 2.05) is 20.8 Å². The first kappa shape index (κ1) is 11.3. The third kappa shape index (κ3) is 18.6. The summed E-state index contributed by atoms with van der Waals surface area (Å²) in [6.45, 7) is 6.03. The molecule has 0 atom stereocenters. The van der Waals surface area contributed by atoms with Gasteiger partial charge >= 0.3 is 0 Å². The molecule has 0 aliphatic carbocycles. The van der Waals surface area contributed by atoms with Gasteiger partial charge in [0.05, 0.1) is 0 Å². The summed E-state index contributed by atoms with van der Waals surface area (Å²) in [7, 11) is 1.77. The fourth-order valence-electron chi connectivity index (χ4n) is 0.201. The number of hydrazine groups is 1. The van der Waals surface area contributed by atoms with Crippen LogP contribution in [0.25, 0.3) is 0 Å². The van der Waals surface area contributed by atoms with E-state index in [-0.39, 0.29) is 0 Å². The second kappa shape index (κ2) is 15.7. The molecular formula is C6H17N3. The largest absolute Gasteiger partial charge is 0.244 e. The van der Waals surface area contributed by atoms with Crippen LogP contribution in [-0.2, 0) is 0 Å². The average Bonchev–Trinajstić information content (AvgIpc) is 1.94. The van der Waals surface area contributed by atoms with Crippen molar-refractivity contribution < 1.29 is 0 Å². The number of hydrogen-bond donors (Lipinski definition) is 2. The third-order valence-electron chi connectivity index (χ3n) is 0.450. The topological polar surface area (TPSA) is 36.4 Å². The quantitative estimate of drug-likeness (QED) is 0.445. The van der Waals surface area contributed by atoms with Crippen molar-refractivity contribution in [3.8, 4) is 0 Å². The van der Waals surface area contributed by atoms with Crippen molar-refractivity contribution in [2.45, 2.75) is 27.2 Å². The van der Waals surface area contributed by atoms with Crippen LogP contribution in [0.2, 0.25) is 0 Å². The van der Waals surface area contributed by atoms with Crippen molar-refractivity contribution in [3.63, 3.8) is 0 Å². The van der Waals surface area contributed by atoms with Crippen LogP contribution in [0.15, 0.2) is 5.10 Å². The van der Waals surface area contributed by atoms with Gasteiger partial charge in [0.2, 0.25) is 0 Å². The van der Waals surface area contributed by atoms with Gasteiger partial charge in [-0.2, -0.15) is 5.10 Å². The molecule has 0 unspecified atom stereocenters. The molecule has 9 heavy (non-hydrogen) atoms. The van der Waals surface area contributed by atoms with E-state index in [2.05, 4.69) is 16.1 Å². The van der Waals surface area contributed by atoms with E-state index in [0.29, 0.717) is 0 Å². The maximum Gasteiger partial charge on any atom is 0.0255 e. The fourth-order valence-corrected chi connectivity index (χ4v) is 0.201. The minimum atomic E-state index is 0.967. The normalized spacial score (nSPS) is 8.44. The molecule has 0 aromatic rings. The lowest BCUT2D eigenvalue weighted by atomic mass is 10.6. The molecular weight excluding hydrogens is 114 g/mol. The molecule has 0 aromatic carbocycles. The highest BCUT2D eigenvalue weighted by Crippen LogP contribution is 1.61. The van der Waals surface area contributed by atoms with Crippen molar-refractivity contribution in [1.82, 2.24) is 11.0 Å². The maximum absolute atomic E-state index is 3.72. The van der Waals surface area contributed by atoms with Crippen LogP contribution in [0, 0.1) is 0 Å². The number of hydrogen-bond acceptors (Lipinski definition) is 3. The Morgan fingerprint density at radius 1 is 1.44 bits per heavy atom. The molecule has 0 saturated carbocycles. The Kier molecular flexibility index (Phi) is 19.6. The third-order valence-corrected chi connectivity index (χ3v) is 0.450. The van der Waals surface area contributed by atoms with Crippen molar-refractivity contribution >= 4 is 6.21 Å². The predicted molar refractivity (Wildman–Crippen MR) is 42.3 cm³/mol. The summed E-state index contributed by atoms with van der Waals surface area (Å²) >= 11 is 0. The molecule has 0 bridgehead atoms. The highest BCUT2D eigenvalue weighted by Gasteiger charge is 1.61. The van der Waals surface area contributed by atoms with Crippen molar-refractivity contribution in [1.29, 1.82) is 0 Å². The van der Waals surface area contributed by atoms with Gasteiger partial charge in [0, 0.05) is 13.3 Å². The van der Waals surface area contributed by atoms with Gasteiger partial charge in [0.15, 0.2) is 0 Å². The zero-order chi connectivity index (χ0) is 7.54. The van der Waals surface area contributed by atoms with Crippen LogP contribution in [0.3, 0.4) is 0 Å². The summed E-state index contributed by atoms with van der Waals surface area (Å²) in [6, 6.07) is 0.